The third-order valence-electron chi connectivity index (χ3n) is 3.96. The number of halogens is 1. The van der Waals surface area contributed by atoms with Gasteiger partial charge in [-0.2, -0.15) is 0 Å². The molecule has 3 rings (SSSR count). The summed E-state index contributed by atoms with van der Waals surface area (Å²) >= 11 is 7.98. The highest BCUT2D eigenvalue weighted by molar-refractivity contribution is 7.11. The first-order valence-corrected chi connectivity index (χ1v) is 9.79. The molecular formula is C18H23ClN4O2S. The summed E-state index contributed by atoms with van der Waals surface area (Å²) in [5, 5.41) is 8.31. The van der Waals surface area contributed by atoms with Gasteiger partial charge in [-0.3, -0.25) is 0 Å². The fourth-order valence-electron chi connectivity index (χ4n) is 2.56. The SMILES string of the molecule is CCNC(=NCc1cc(Cl)c2c(c1)OCO2)NCCc1nc(C)c(C)s1. The Morgan fingerprint density at radius 2 is 2.15 bits per heavy atom. The summed E-state index contributed by atoms with van der Waals surface area (Å²) in [6.07, 6.45) is 0.875. The van der Waals surface area contributed by atoms with E-state index >= 15 is 0 Å². The van der Waals surface area contributed by atoms with Crippen LogP contribution in [0.15, 0.2) is 17.1 Å². The Labute approximate surface area is 162 Å². The zero-order valence-electron chi connectivity index (χ0n) is 15.2. The minimum Gasteiger partial charge on any atom is -0.454 e. The van der Waals surface area contributed by atoms with Crippen molar-refractivity contribution in [3.63, 3.8) is 0 Å². The Morgan fingerprint density at radius 3 is 2.88 bits per heavy atom. The summed E-state index contributed by atoms with van der Waals surface area (Å²) in [6.45, 7) is 8.48. The molecule has 26 heavy (non-hydrogen) atoms. The number of aromatic nitrogens is 1. The molecule has 140 valence electrons. The normalized spacial score (nSPS) is 13.2. The van der Waals surface area contributed by atoms with E-state index in [1.807, 2.05) is 26.0 Å². The third kappa shape index (κ3) is 4.59. The van der Waals surface area contributed by atoms with Crippen molar-refractivity contribution in [2.45, 2.75) is 33.7 Å². The molecule has 1 aliphatic heterocycles. The van der Waals surface area contributed by atoms with Crippen LogP contribution in [-0.4, -0.2) is 30.8 Å². The first-order valence-electron chi connectivity index (χ1n) is 8.60. The van der Waals surface area contributed by atoms with E-state index in [-0.39, 0.29) is 6.79 Å². The second kappa shape index (κ2) is 8.60. The van der Waals surface area contributed by atoms with E-state index in [1.165, 1.54) is 4.88 Å². The monoisotopic (exact) mass is 394 g/mol. The average molecular weight is 395 g/mol. The lowest BCUT2D eigenvalue weighted by Gasteiger charge is -2.11. The second-order valence-electron chi connectivity index (χ2n) is 5.93. The predicted molar refractivity (Wildman–Crippen MR) is 106 cm³/mol. The number of ether oxygens (including phenoxy) is 2. The van der Waals surface area contributed by atoms with Gasteiger partial charge in [-0.25, -0.2) is 9.98 Å². The molecule has 1 aromatic carbocycles. The summed E-state index contributed by atoms with van der Waals surface area (Å²) in [6, 6.07) is 3.78. The number of aliphatic imine (C=N–C) groups is 1. The molecule has 0 bridgehead atoms. The number of rotatable bonds is 6. The molecule has 8 heteroatoms. The Hall–Kier alpha value is -1.99. The van der Waals surface area contributed by atoms with Crippen LogP contribution >= 0.6 is 22.9 Å². The van der Waals surface area contributed by atoms with Gasteiger partial charge in [0.25, 0.3) is 0 Å². The number of nitrogens with zero attached hydrogens (tertiary/aromatic N) is 2. The van der Waals surface area contributed by atoms with E-state index in [1.54, 1.807) is 11.3 Å². The summed E-state index contributed by atoms with van der Waals surface area (Å²) in [7, 11) is 0. The van der Waals surface area contributed by atoms with Crippen LogP contribution in [-0.2, 0) is 13.0 Å². The second-order valence-corrected chi connectivity index (χ2v) is 7.63. The molecule has 2 heterocycles. The lowest BCUT2D eigenvalue weighted by atomic mass is 10.2. The van der Waals surface area contributed by atoms with E-state index in [9.17, 15) is 0 Å². The number of hydrogen-bond acceptors (Lipinski definition) is 5. The Kier molecular flexibility index (Phi) is 6.21. The van der Waals surface area contributed by atoms with Gasteiger partial charge in [-0.1, -0.05) is 11.6 Å². The number of thiazole rings is 1. The molecule has 0 fully saturated rings. The summed E-state index contributed by atoms with van der Waals surface area (Å²) < 4.78 is 10.7. The van der Waals surface area contributed by atoms with Crippen molar-refractivity contribution < 1.29 is 9.47 Å². The van der Waals surface area contributed by atoms with E-state index in [0.717, 1.165) is 41.7 Å². The maximum Gasteiger partial charge on any atom is 0.231 e. The average Bonchev–Trinajstić information content (AvgIpc) is 3.20. The van der Waals surface area contributed by atoms with Crippen LogP contribution in [0.2, 0.25) is 5.02 Å². The van der Waals surface area contributed by atoms with Crippen molar-refractivity contribution in [1.29, 1.82) is 0 Å². The van der Waals surface area contributed by atoms with Gasteiger partial charge in [0.1, 0.15) is 0 Å². The molecule has 0 saturated carbocycles. The van der Waals surface area contributed by atoms with Crippen molar-refractivity contribution >= 4 is 28.9 Å². The van der Waals surface area contributed by atoms with Crippen LogP contribution in [0.25, 0.3) is 0 Å². The summed E-state index contributed by atoms with van der Waals surface area (Å²) in [5.74, 6) is 2.06. The van der Waals surface area contributed by atoms with Crippen LogP contribution in [0.4, 0.5) is 0 Å². The van der Waals surface area contributed by atoms with Crippen LogP contribution in [0, 0.1) is 13.8 Å². The first-order chi connectivity index (χ1) is 12.6. The van der Waals surface area contributed by atoms with Gasteiger partial charge < -0.3 is 20.1 Å². The molecule has 0 unspecified atom stereocenters. The Balaban J connectivity index is 1.59. The highest BCUT2D eigenvalue weighted by atomic mass is 35.5. The topological polar surface area (TPSA) is 67.8 Å². The number of hydrogen-bond donors (Lipinski definition) is 2. The van der Waals surface area contributed by atoms with Crippen LogP contribution in [0.3, 0.4) is 0 Å². The maximum atomic E-state index is 6.23. The van der Waals surface area contributed by atoms with Crippen LogP contribution in [0.5, 0.6) is 11.5 Å². The van der Waals surface area contributed by atoms with Crippen molar-refractivity contribution in [3.8, 4) is 11.5 Å². The fraction of sp³-hybridized carbons (Fsp3) is 0.444. The first kappa shape index (κ1) is 18.8. The van der Waals surface area contributed by atoms with Gasteiger partial charge in [0.05, 0.1) is 22.3 Å². The van der Waals surface area contributed by atoms with Gasteiger partial charge in [0.2, 0.25) is 6.79 Å². The van der Waals surface area contributed by atoms with Crippen molar-refractivity contribution in [3.05, 3.63) is 38.3 Å². The van der Waals surface area contributed by atoms with Crippen LogP contribution in [0.1, 0.15) is 28.1 Å². The maximum absolute atomic E-state index is 6.23. The molecule has 0 radical (unpaired) electrons. The molecule has 6 nitrogen and oxygen atoms in total. The van der Waals surface area contributed by atoms with Gasteiger partial charge >= 0.3 is 0 Å². The van der Waals surface area contributed by atoms with E-state index in [4.69, 9.17) is 21.1 Å². The number of nitrogens with one attached hydrogen (secondary N) is 2. The quantitative estimate of drug-likeness (QED) is 0.580. The van der Waals surface area contributed by atoms with Gasteiger partial charge in [0.15, 0.2) is 17.5 Å². The Morgan fingerprint density at radius 1 is 1.31 bits per heavy atom. The van der Waals surface area contributed by atoms with E-state index < -0.39 is 0 Å². The lowest BCUT2D eigenvalue weighted by molar-refractivity contribution is 0.174. The minimum atomic E-state index is 0.210. The number of fused-ring (bicyclic) bond motifs is 1. The fourth-order valence-corrected chi connectivity index (χ4v) is 3.78. The van der Waals surface area contributed by atoms with Gasteiger partial charge in [-0.05, 0) is 38.5 Å². The number of guanidine groups is 1. The smallest absolute Gasteiger partial charge is 0.231 e. The van der Waals surface area contributed by atoms with E-state index in [2.05, 4.69) is 27.5 Å². The molecule has 1 aromatic heterocycles. The van der Waals surface area contributed by atoms with Crippen LogP contribution < -0.4 is 20.1 Å². The van der Waals surface area contributed by atoms with Gasteiger partial charge in [-0.15, -0.1) is 11.3 Å². The molecule has 2 N–H and O–H groups in total. The standard InChI is InChI=1S/C18H23ClN4O2S/c1-4-20-18(21-6-5-16-23-11(2)12(3)26-16)22-9-13-7-14(19)17-15(8-13)24-10-25-17/h7-8H,4-6,9-10H2,1-3H3,(H2,20,21,22). The molecule has 1 aliphatic rings. The van der Waals surface area contributed by atoms with Crippen molar-refractivity contribution in [1.82, 2.24) is 15.6 Å². The molecule has 0 amide bonds. The summed E-state index contributed by atoms with van der Waals surface area (Å²) in [4.78, 5) is 10.5. The highest BCUT2D eigenvalue weighted by Crippen LogP contribution is 2.39. The minimum absolute atomic E-state index is 0.210. The molecule has 0 spiro atoms. The molecule has 2 aromatic rings. The number of benzene rings is 1. The largest absolute Gasteiger partial charge is 0.454 e. The zero-order chi connectivity index (χ0) is 18.5. The molecule has 0 aliphatic carbocycles. The van der Waals surface area contributed by atoms with Crippen molar-refractivity contribution in [2.24, 2.45) is 4.99 Å². The predicted octanol–water partition coefficient (Wildman–Crippen LogP) is 3.44. The molecular weight excluding hydrogens is 372 g/mol. The van der Waals surface area contributed by atoms with Gasteiger partial charge in [0, 0.05) is 24.4 Å². The lowest BCUT2D eigenvalue weighted by Crippen LogP contribution is -2.38. The van der Waals surface area contributed by atoms with Crippen molar-refractivity contribution in [2.75, 3.05) is 19.9 Å². The number of aryl methyl sites for hydroxylation is 2. The van der Waals surface area contributed by atoms with E-state index in [0.29, 0.717) is 23.1 Å². The zero-order valence-corrected chi connectivity index (χ0v) is 16.8. The summed E-state index contributed by atoms with van der Waals surface area (Å²) in [5.41, 5.74) is 2.09. The third-order valence-corrected chi connectivity index (χ3v) is 5.37. The highest BCUT2D eigenvalue weighted by Gasteiger charge is 2.18. The Bertz CT molecular complexity index is 787. The molecule has 0 atom stereocenters. The molecule has 0 saturated heterocycles.